The highest BCUT2D eigenvalue weighted by molar-refractivity contribution is 6.28. The lowest BCUT2D eigenvalue weighted by Gasteiger charge is -2.29. The average molecular weight is 333 g/mol. The standard InChI is InChI=1S/C12H17ClN4O3.CH4O/c1-17(6-8-7-19-3-4-20-8)10-9(5-14)15-12(13)16-11(10)18-2;1-2/h5,8,14H,3-4,6-7H2,1-2H3;2H,1H3. The molecule has 2 heterocycles. The molecule has 1 aliphatic heterocycles. The second-order valence-corrected chi connectivity index (χ2v) is 4.67. The molecule has 0 radical (unpaired) electrons. The van der Waals surface area contributed by atoms with Crippen molar-refractivity contribution in [3.63, 3.8) is 0 Å². The van der Waals surface area contributed by atoms with Gasteiger partial charge >= 0.3 is 0 Å². The van der Waals surface area contributed by atoms with E-state index in [-0.39, 0.29) is 11.4 Å². The van der Waals surface area contributed by atoms with E-state index in [0.717, 1.165) is 13.3 Å². The zero-order valence-electron chi connectivity index (χ0n) is 12.9. The van der Waals surface area contributed by atoms with Crippen molar-refractivity contribution in [1.82, 2.24) is 9.97 Å². The number of aromatic nitrogens is 2. The minimum absolute atomic E-state index is 0.0345. The van der Waals surface area contributed by atoms with Gasteiger partial charge in [-0.05, 0) is 11.6 Å². The van der Waals surface area contributed by atoms with Crippen LogP contribution < -0.4 is 9.64 Å². The Morgan fingerprint density at radius 2 is 2.18 bits per heavy atom. The predicted octanol–water partition coefficient (Wildman–Crippen LogP) is 0.596. The molecule has 1 aromatic heterocycles. The van der Waals surface area contributed by atoms with E-state index in [1.807, 2.05) is 11.9 Å². The fourth-order valence-corrected chi connectivity index (χ4v) is 2.23. The molecule has 1 atom stereocenters. The van der Waals surface area contributed by atoms with Crippen LogP contribution in [-0.2, 0) is 9.47 Å². The van der Waals surface area contributed by atoms with Gasteiger partial charge in [-0.2, -0.15) is 4.98 Å². The Morgan fingerprint density at radius 3 is 2.73 bits per heavy atom. The SMILES string of the molecule is CO.COc1nc(Cl)nc(C=N)c1N(C)CC1COCCO1. The number of aliphatic hydroxyl groups is 1. The highest BCUT2D eigenvalue weighted by Crippen LogP contribution is 2.29. The van der Waals surface area contributed by atoms with Gasteiger partial charge in [0.05, 0.1) is 33.0 Å². The van der Waals surface area contributed by atoms with Crippen LogP contribution in [0.25, 0.3) is 0 Å². The van der Waals surface area contributed by atoms with Gasteiger partial charge in [-0.15, -0.1) is 0 Å². The lowest BCUT2D eigenvalue weighted by Crippen LogP contribution is -2.39. The second kappa shape index (κ2) is 9.52. The summed E-state index contributed by atoms with van der Waals surface area (Å²) in [6, 6.07) is 0. The molecule has 2 N–H and O–H groups in total. The van der Waals surface area contributed by atoms with E-state index in [1.165, 1.54) is 7.11 Å². The van der Waals surface area contributed by atoms with Crippen LogP contribution in [0.15, 0.2) is 0 Å². The molecular weight excluding hydrogens is 312 g/mol. The first-order chi connectivity index (χ1) is 10.7. The van der Waals surface area contributed by atoms with Gasteiger partial charge in [0, 0.05) is 26.9 Å². The summed E-state index contributed by atoms with van der Waals surface area (Å²) < 4.78 is 16.2. The van der Waals surface area contributed by atoms with E-state index in [2.05, 4.69) is 9.97 Å². The van der Waals surface area contributed by atoms with Crippen LogP contribution in [0.1, 0.15) is 5.69 Å². The highest BCUT2D eigenvalue weighted by atomic mass is 35.5. The molecule has 1 saturated heterocycles. The van der Waals surface area contributed by atoms with Gasteiger partial charge < -0.3 is 29.6 Å². The smallest absolute Gasteiger partial charge is 0.242 e. The van der Waals surface area contributed by atoms with Crippen molar-refractivity contribution in [2.24, 2.45) is 0 Å². The molecular formula is C13H21ClN4O4. The molecule has 0 aromatic carbocycles. The van der Waals surface area contributed by atoms with Crippen LogP contribution in [-0.4, -0.2) is 75.0 Å². The first-order valence-electron chi connectivity index (χ1n) is 6.63. The summed E-state index contributed by atoms with van der Waals surface area (Å²) in [4.78, 5) is 9.95. The Hall–Kier alpha value is -1.48. The minimum atomic E-state index is -0.0345. The van der Waals surface area contributed by atoms with Gasteiger partial charge in [0.2, 0.25) is 11.2 Å². The first kappa shape index (κ1) is 18.6. The van der Waals surface area contributed by atoms with Crippen molar-refractivity contribution in [3.8, 4) is 5.88 Å². The van der Waals surface area contributed by atoms with Crippen molar-refractivity contribution in [3.05, 3.63) is 11.0 Å². The Balaban J connectivity index is 0.00000116. The number of ether oxygens (including phenoxy) is 3. The van der Waals surface area contributed by atoms with E-state index < -0.39 is 0 Å². The molecule has 0 amide bonds. The molecule has 22 heavy (non-hydrogen) atoms. The number of hydrogen-bond acceptors (Lipinski definition) is 8. The molecule has 1 unspecified atom stereocenters. The largest absolute Gasteiger partial charge is 0.479 e. The summed E-state index contributed by atoms with van der Waals surface area (Å²) in [5, 5.41) is 14.5. The number of nitrogens with zero attached hydrogens (tertiary/aromatic N) is 3. The van der Waals surface area contributed by atoms with E-state index in [0.29, 0.717) is 43.6 Å². The number of rotatable bonds is 5. The van der Waals surface area contributed by atoms with Crippen LogP contribution in [0.3, 0.4) is 0 Å². The molecule has 8 nitrogen and oxygen atoms in total. The Morgan fingerprint density at radius 1 is 1.45 bits per heavy atom. The molecule has 0 aliphatic carbocycles. The van der Waals surface area contributed by atoms with Gasteiger partial charge in [0.25, 0.3) is 0 Å². The van der Waals surface area contributed by atoms with Gasteiger partial charge in [-0.25, -0.2) is 4.98 Å². The molecule has 9 heteroatoms. The monoisotopic (exact) mass is 332 g/mol. The highest BCUT2D eigenvalue weighted by Gasteiger charge is 2.22. The molecule has 1 aromatic rings. The number of halogens is 1. The molecule has 0 spiro atoms. The topological polar surface area (TPSA) is 101 Å². The quantitative estimate of drug-likeness (QED) is 0.601. The van der Waals surface area contributed by atoms with E-state index >= 15 is 0 Å². The number of likely N-dealkylation sites (N-methyl/N-ethyl adjacent to an activating group) is 1. The van der Waals surface area contributed by atoms with Gasteiger partial charge in [-0.1, -0.05) is 0 Å². The molecule has 0 bridgehead atoms. The normalized spacial score (nSPS) is 17.2. The van der Waals surface area contributed by atoms with Crippen molar-refractivity contribution in [1.29, 1.82) is 5.41 Å². The minimum Gasteiger partial charge on any atom is -0.479 e. The average Bonchev–Trinajstić information content (AvgIpc) is 2.56. The fraction of sp³-hybridized carbons (Fsp3) is 0.615. The number of anilines is 1. The van der Waals surface area contributed by atoms with Gasteiger partial charge in [0.15, 0.2) is 0 Å². The Kier molecular flexibility index (Phi) is 8.03. The van der Waals surface area contributed by atoms with Crippen LogP contribution in [0.2, 0.25) is 5.28 Å². The number of aliphatic hydroxyl groups excluding tert-OH is 1. The summed E-state index contributed by atoms with van der Waals surface area (Å²) >= 11 is 5.81. The maximum Gasteiger partial charge on any atom is 0.242 e. The van der Waals surface area contributed by atoms with Crippen LogP contribution in [0.5, 0.6) is 5.88 Å². The van der Waals surface area contributed by atoms with E-state index in [1.54, 1.807) is 0 Å². The summed E-state index contributed by atoms with van der Waals surface area (Å²) in [7, 11) is 4.37. The molecule has 1 aliphatic rings. The van der Waals surface area contributed by atoms with Gasteiger partial charge in [0.1, 0.15) is 11.4 Å². The molecule has 124 valence electrons. The van der Waals surface area contributed by atoms with Crippen LogP contribution in [0.4, 0.5) is 5.69 Å². The van der Waals surface area contributed by atoms with E-state index in [9.17, 15) is 0 Å². The number of hydrogen-bond donors (Lipinski definition) is 2. The van der Waals surface area contributed by atoms with Crippen molar-refractivity contribution >= 4 is 23.5 Å². The van der Waals surface area contributed by atoms with E-state index in [4.69, 9.17) is 36.3 Å². The predicted molar refractivity (Wildman–Crippen MR) is 83.5 cm³/mol. The summed E-state index contributed by atoms with van der Waals surface area (Å²) in [6.45, 7) is 2.34. The summed E-state index contributed by atoms with van der Waals surface area (Å²) in [6.07, 6.45) is 1.09. The Labute approximate surface area is 134 Å². The summed E-state index contributed by atoms with van der Waals surface area (Å²) in [5.74, 6) is 0.336. The third kappa shape index (κ3) is 4.77. The molecule has 2 rings (SSSR count). The van der Waals surface area contributed by atoms with Crippen molar-refractivity contribution in [2.75, 3.05) is 52.5 Å². The number of methoxy groups -OCH3 is 1. The van der Waals surface area contributed by atoms with Gasteiger partial charge in [-0.3, -0.25) is 0 Å². The molecule has 1 fully saturated rings. The zero-order chi connectivity index (χ0) is 16.5. The third-order valence-electron chi connectivity index (χ3n) is 2.93. The fourth-order valence-electron chi connectivity index (χ4n) is 2.06. The van der Waals surface area contributed by atoms with Crippen molar-refractivity contribution < 1.29 is 19.3 Å². The van der Waals surface area contributed by atoms with Crippen LogP contribution in [0, 0.1) is 5.41 Å². The summed E-state index contributed by atoms with van der Waals surface area (Å²) in [5.41, 5.74) is 1.02. The first-order valence-corrected chi connectivity index (χ1v) is 7.00. The third-order valence-corrected chi connectivity index (χ3v) is 3.09. The Bertz CT molecular complexity index is 483. The number of nitrogens with one attached hydrogen (secondary N) is 1. The lowest BCUT2D eigenvalue weighted by atomic mass is 10.2. The van der Waals surface area contributed by atoms with Crippen molar-refractivity contribution in [2.45, 2.75) is 6.10 Å². The maximum absolute atomic E-state index is 7.45. The lowest BCUT2D eigenvalue weighted by molar-refractivity contribution is -0.0837. The van der Waals surface area contributed by atoms with Crippen LogP contribution >= 0.6 is 11.6 Å². The second-order valence-electron chi connectivity index (χ2n) is 4.33. The zero-order valence-corrected chi connectivity index (χ0v) is 13.6. The maximum atomic E-state index is 7.45. The molecule has 0 saturated carbocycles.